The number of benzene rings is 2. The second kappa shape index (κ2) is 11.9. The second-order valence-corrected chi connectivity index (χ2v) is 8.14. The van der Waals surface area contributed by atoms with Crippen LogP contribution >= 0.6 is 12.0 Å². The Morgan fingerprint density at radius 2 is 1.81 bits per heavy atom. The molecule has 5 nitrogen and oxygen atoms in total. The van der Waals surface area contributed by atoms with Crippen molar-refractivity contribution in [2.75, 3.05) is 12.3 Å². The third-order valence-corrected chi connectivity index (χ3v) is 4.82. The highest BCUT2D eigenvalue weighted by Gasteiger charge is 2.29. The molecule has 174 valence electrons. The smallest absolute Gasteiger partial charge is 0.400 e. The van der Waals surface area contributed by atoms with Gasteiger partial charge in [-0.3, -0.25) is 0 Å². The van der Waals surface area contributed by atoms with Crippen LogP contribution in [0.15, 0.2) is 71.5 Å². The zero-order chi connectivity index (χ0) is 23.6. The lowest BCUT2D eigenvalue weighted by Gasteiger charge is -2.26. The first-order valence-electron chi connectivity index (χ1n) is 10.1. The van der Waals surface area contributed by atoms with Gasteiger partial charge in [0.05, 0.1) is 11.3 Å². The molecule has 0 aromatic heterocycles. The van der Waals surface area contributed by atoms with Gasteiger partial charge in [0.25, 0.3) is 0 Å². The fourth-order valence-electron chi connectivity index (χ4n) is 2.60. The van der Waals surface area contributed by atoms with Gasteiger partial charge in [0, 0.05) is 30.2 Å². The summed E-state index contributed by atoms with van der Waals surface area (Å²) in [6, 6.07) is 17.0. The predicted molar refractivity (Wildman–Crippen MR) is 123 cm³/mol. The van der Waals surface area contributed by atoms with Gasteiger partial charge in [-0.2, -0.15) is 23.8 Å². The standard InChI is InChI=1S/C23H28F3N3O2S/c1-5-27-28-21(14-17(2)30-20-12-7-6-8-13-20)18-10-9-11-19(15-18)22(3,4)29-31-32-16-23(24,25)26/h6-15,27,29H,5,16H2,1-4H3/b17-14+,28-21+. The third kappa shape index (κ3) is 8.94. The average molecular weight is 468 g/mol. The van der Waals surface area contributed by atoms with Crippen molar-refractivity contribution in [2.45, 2.75) is 39.4 Å². The van der Waals surface area contributed by atoms with E-state index in [1.54, 1.807) is 0 Å². The Balaban J connectivity index is 2.19. The quantitative estimate of drug-likeness (QED) is 0.141. The number of ether oxygens (including phenoxy) is 1. The molecule has 0 aliphatic heterocycles. The van der Waals surface area contributed by atoms with E-state index >= 15 is 0 Å². The van der Waals surface area contributed by atoms with E-state index in [4.69, 9.17) is 9.02 Å². The van der Waals surface area contributed by atoms with E-state index in [1.165, 1.54) is 0 Å². The van der Waals surface area contributed by atoms with Crippen molar-refractivity contribution in [3.63, 3.8) is 0 Å². The molecule has 0 unspecified atom stereocenters. The first-order chi connectivity index (χ1) is 15.1. The molecule has 2 rings (SSSR count). The lowest BCUT2D eigenvalue weighted by Crippen LogP contribution is -2.35. The Morgan fingerprint density at radius 3 is 2.47 bits per heavy atom. The highest BCUT2D eigenvalue weighted by molar-refractivity contribution is 7.94. The number of hydrogen-bond donors (Lipinski definition) is 2. The highest BCUT2D eigenvalue weighted by atomic mass is 32.2. The maximum Gasteiger partial charge on any atom is 0.400 e. The van der Waals surface area contributed by atoms with Crippen molar-refractivity contribution in [3.05, 3.63) is 77.6 Å². The van der Waals surface area contributed by atoms with Crippen molar-refractivity contribution in [2.24, 2.45) is 5.10 Å². The van der Waals surface area contributed by atoms with Gasteiger partial charge in [-0.25, -0.2) is 4.28 Å². The van der Waals surface area contributed by atoms with Crippen molar-refractivity contribution in [1.82, 2.24) is 10.9 Å². The number of nitrogens with zero attached hydrogens (tertiary/aromatic N) is 1. The summed E-state index contributed by atoms with van der Waals surface area (Å²) in [6.45, 7) is 8.07. The summed E-state index contributed by atoms with van der Waals surface area (Å²) in [5, 5.41) is 4.45. The Labute approximate surface area is 191 Å². The maximum absolute atomic E-state index is 12.3. The normalized spacial score (nSPS) is 13.2. The Hall–Kier alpha value is -2.49. The zero-order valence-corrected chi connectivity index (χ0v) is 19.3. The zero-order valence-electron chi connectivity index (χ0n) is 18.5. The number of nitrogens with one attached hydrogen (secondary N) is 2. The molecule has 0 radical (unpaired) electrons. The fourth-order valence-corrected chi connectivity index (χ4v) is 3.06. The van der Waals surface area contributed by atoms with E-state index in [9.17, 15) is 13.2 Å². The van der Waals surface area contributed by atoms with E-state index in [1.807, 2.05) is 88.4 Å². The number of allylic oxidation sites excluding steroid dienone is 2. The molecular formula is C23H28F3N3O2S. The molecule has 0 spiro atoms. The molecule has 0 bridgehead atoms. The van der Waals surface area contributed by atoms with Gasteiger partial charge in [-0.1, -0.05) is 36.4 Å². The van der Waals surface area contributed by atoms with Crippen molar-refractivity contribution in [1.29, 1.82) is 0 Å². The van der Waals surface area contributed by atoms with E-state index in [0.29, 0.717) is 30.1 Å². The van der Waals surface area contributed by atoms with E-state index in [2.05, 4.69) is 16.0 Å². The third-order valence-electron chi connectivity index (χ3n) is 4.18. The summed E-state index contributed by atoms with van der Waals surface area (Å²) < 4.78 is 47.8. The van der Waals surface area contributed by atoms with Gasteiger partial charge in [0.15, 0.2) is 0 Å². The summed E-state index contributed by atoms with van der Waals surface area (Å²) in [4.78, 5) is 0. The number of hydrogen-bond acceptors (Lipinski definition) is 6. The van der Waals surface area contributed by atoms with Crippen LogP contribution in [-0.4, -0.2) is 24.2 Å². The van der Waals surface area contributed by atoms with Crippen LogP contribution in [0.5, 0.6) is 5.75 Å². The molecule has 2 aromatic carbocycles. The van der Waals surface area contributed by atoms with Gasteiger partial charge >= 0.3 is 6.18 Å². The second-order valence-electron chi connectivity index (χ2n) is 7.45. The Morgan fingerprint density at radius 1 is 1.09 bits per heavy atom. The molecular weight excluding hydrogens is 439 g/mol. The van der Waals surface area contributed by atoms with Crippen LogP contribution < -0.4 is 15.6 Å². The van der Waals surface area contributed by atoms with E-state index < -0.39 is 17.5 Å². The number of halogens is 3. The van der Waals surface area contributed by atoms with Gasteiger partial charge in [-0.05, 0) is 51.5 Å². The first kappa shape index (κ1) is 25.8. The number of para-hydroxylation sites is 1. The topological polar surface area (TPSA) is 54.9 Å². The van der Waals surface area contributed by atoms with Crippen molar-refractivity contribution in [3.8, 4) is 5.75 Å². The lowest BCUT2D eigenvalue weighted by molar-refractivity contribution is -0.106. The molecule has 0 aliphatic rings. The molecule has 0 heterocycles. The van der Waals surface area contributed by atoms with E-state index in [0.717, 1.165) is 16.9 Å². The molecule has 2 N–H and O–H groups in total. The number of rotatable bonds is 11. The van der Waals surface area contributed by atoms with Gasteiger partial charge in [0.1, 0.15) is 17.3 Å². The van der Waals surface area contributed by atoms with E-state index in [-0.39, 0.29) is 0 Å². The van der Waals surface area contributed by atoms with Crippen molar-refractivity contribution >= 4 is 17.8 Å². The largest absolute Gasteiger partial charge is 0.462 e. The van der Waals surface area contributed by atoms with Crippen LogP contribution in [0.3, 0.4) is 0 Å². The molecule has 0 amide bonds. The summed E-state index contributed by atoms with van der Waals surface area (Å²) in [5.74, 6) is 0.278. The molecule has 0 saturated carbocycles. The lowest BCUT2D eigenvalue weighted by atomic mass is 9.93. The van der Waals surface area contributed by atoms with Crippen LogP contribution in [0.2, 0.25) is 0 Å². The number of hydrazone groups is 1. The average Bonchev–Trinajstić information content (AvgIpc) is 2.74. The molecule has 0 atom stereocenters. The molecule has 9 heteroatoms. The first-order valence-corrected chi connectivity index (χ1v) is 11.0. The summed E-state index contributed by atoms with van der Waals surface area (Å²) in [7, 11) is 0. The summed E-state index contributed by atoms with van der Waals surface area (Å²) in [6.07, 6.45) is -2.47. The summed E-state index contributed by atoms with van der Waals surface area (Å²) >= 11 is 0.317. The van der Waals surface area contributed by atoms with Gasteiger partial charge in [0.2, 0.25) is 0 Å². The maximum atomic E-state index is 12.3. The molecule has 0 aliphatic carbocycles. The fraction of sp³-hybridized carbons (Fsp3) is 0.348. The van der Waals surface area contributed by atoms with Gasteiger partial charge in [-0.15, -0.1) is 0 Å². The predicted octanol–water partition coefficient (Wildman–Crippen LogP) is 5.95. The minimum Gasteiger partial charge on any atom is -0.462 e. The number of alkyl halides is 3. The minimum absolute atomic E-state index is 0.317. The van der Waals surface area contributed by atoms with Crippen molar-refractivity contribution < 1.29 is 22.2 Å². The van der Waals surface area contributed by atoms with Crippen LogP contribution in [0, 0.1) is 0 Å². The number of hydroxylamine groups is 1. The molecule has 2 aromatic rings. The van der Waals surface area contributed by atoms with Crippen LogP contribution in [0.25, 0.3) is 0 Å². The monoisotopic (exact) mass is 467 g/mol. The minimum atomic E-state index is -4.29. The Bertz CT molecular complexity index is 916. The molecule has 0 fully saturated rings. The summed E-state index contributed by atoms with van der Waals surface area (Å²) in [5.41, 5.74) is 7.22. The Kier molecular flexibility index (Phi) is 9.61. The molecule has 32 heavy (non-hydrogen) atoms. The molecule has 0 saturated heterocycles. The highest BCUT2D eigenvalue weighted by Crippen LogP contribution is 2.25. The SMILES string of the molecule is CCN/N=C(\C=C(/C)Oc1ccccc1)c1cccc(C(C)(C)NOSCC(F)(F)F)c1. The van der Waals surface area contributed by atoms with Crippen LogP contribution in [0.1, 0.15) is 38.8 Å². The van der Waals surface area contributed by atoms with Crippen LogP contribution in [0.4, 0.5) is 13.2 Å². The van der Waals surface area contributed by atoms with Gasteiger partial charge < -0.3 is 10.2 Å². The van der Waals surface area contributed by atoms with Crippen LogP contribution in [-0.2, 0) is 9.82 Å².